The fourth-order valence-electron chi connectivity index (χ4n) is 4.17. The van der Waals surface area contributed by atoms with Crippen LogP contribution >= 0.6 is 0 Å². The maximum atomic E-state index is 13.5. The van der Waals surface area contributed by atoms with Gasteiger partial charge in [-0.1, -0.05) is 37.3 Å². The van der Waals surface area contributed by atoms with Crippen LogP contribution in [-0.2, 0) is 30.3 Å². The van der Waals surface area contributed by atoms with Gasteiger partial charge in [0.05, 0.1) is 7.11 Å². The second-order valence-corrected chi connectivity index (χ2v) is 8.27. The van der Waals surface area contributed by atoms with Crippen molar-refractivity contribution in [2.45, 2.75) is 38.1 Å². The van der Waals surface area contributed by atoms with Gasteiger partial charge in [0, 0.05) is 31.7 Å². The van der Waals surface area contributed by atoms with Crippen molar-refractivity contribution < 1.29 is 38.5 Å². The highest BCUT2D eigenvalue weighted by Crippen LogP contribution is 2.35. The number of aliphatic carboxylic acids is 2. The number of carboxylic acids is 2. The Morgan fingerprint density at radius 3 is 2.00 bits per heavy atom. The lowest BCUT2D eigenvalue weighted by Crippen LogP contribution is -2.62. The highest BCUT2D eigenvalue weighted by molar-refractivity contribution is 6.27. The quantitative estimate of drug-likeness (QED) is 0.437. The number of anilines is 1. The number of hydrogen-bond donors (Lipinski definition) is 2. The highest BCUT2D eigenvalue weighted by atomic mass is 19.1. The maximum Gasteiger partial charge on any atom is 0.414 e. The van der Waals surface area contributed by atoms with Gasteiger partial charge in [-0.2, -0.15) is 0 Å². The van der Waals surface area contributed by atoms with Crippen molar-refractivity contribution in [2.75, 3.05) is 31.6 Å². The molecule has 0 unspecified atom stereocenters. The van der Waals surface area contributed by atoms with Crippen molar-refractivity contribution in [3.63, 3.8) is 0 Å². The predicted octanol–water partition coefficient (Wildman–Crippen LogP) is 2.97. The Morgan fingerprint density at radius 1 is 0.972 bits per heavy atom. The van der Waals surface area contributed by atoms with E-state index in [4.69, 9.17) is 24.5 Å². The summed E-state index contributed by atoms with van der Waals surface area (Å²) in [6.45, 7) is 4.01. The normalized spacial score (nSPS) is 14.6. The smallest absolute Gasteiger partial charge is 0.414 e. The number of methoxy groups -OCH3 is 1. The molecule has 0 aromatic heterocycles. The molecule has 1 aliphatic heterocycles. The first-order chi connectivity index (χ1) is 17.1. The van der Waals surface area contributed by atoms with Gasteiger partial charge in [-0.15, -0.1) is 0 Å². The lowest BCUT2D eigenvalue weighted by molar-refractivity contribution is -0.159. The fraction of sp³-hybridized carbons (Fsp3) is 0.385. The zero-order chi connectivity index (χ0) is 26.7. The molecule has 1 amide bonds. The van der Waals surface area contributed by atoms with E-state index in [2.05, 4.69) is 17.0 Å². The van der Waals surface area contributed by atoms with Crippen LogP contribution in [0, 0.1) is 5.82 Å². The first-order valence-electron chi connectivity index (χ1n) is 11.5. The van der Waals surface area contributed by atoms with Crippen molar-refractivity contribution in [1.29, 1.82) is 0 Å². The van der Waals surface area contributed by atoms with Crippen molar-refractivity contribution in [3.05, 3.63) is 66.0 Å². The average molecular weight is 503 g/mol. The first kappa shape index (κ1) is 28.4. The van der Waals surface area contributed by atoms with Gasteiger partial charge >= 0.3 is 17.9 Å². The largest absolute Gasteiger partial charge is 0.473 e. The molecule has 0 radical (unpaired) electrons. The second kappa shape index (κ2) is 13.3. The number of esters is 1. The highest BCUT2D eigenvalue weighted by Gasteiger charge is 2.49. The Balaban J connectivity index is 0.000000678. The fourth-order valence-corrected chi connectivity index (χ4v) is 4.17. The summed E-state index contributed by atoms with van der Waals surface area (Å²) in [5.41, 5.74) is 0.714. The summed E-state index contributed by atoms with van der Waals surface area (Å²) in [7, 11) is 1.35. The molecule has 1 saturated heterocycles. The Bertz CT molecular complexity index is 1020. The summed E-state index contributed by atoms with van der Waals surface area (Å²) in [6, 6.07) is 16.0. The standard InChI is InChI=1S/C24H29FN2O3.C2H2O4/c1-3-22(28)27(21-11-9-20(25)10-12-21)24(23(29)30-2)14-17-26(18-15-24)16-13-19-7-5-4-6-8-19;3-1(4)2(5)6/h4-12H,3,13-18H2,1-2H3;(H,3,4)(H,5,6). The maximum absolute atomic E-state index is 13.5. The number of amides is 1. The monoisotopic (exact) mass is 502 g/mol. The summed E-state index contributed by atoms with van der Waals surface area (Å²) >= 11 is 0. The molecule has 2 N–H and O–H groups in total. The van der Waals surface area contributed by atoms with Gasteiger partial charge in [-0.3, -0.25) is 9.69 Å². The van der Waals surface area contributed by atoms with E-state index in [1.54, 1.807) is 19.1 Å². The number of halogens is 1. The van der Waals surface area contributed by atoms with E-state index in [1.165, 1.54) is 29.7 Å². The number of carbonyl (C=O) groups excluding carboxylic acids is 2. The topological polar surface area (TPSA) is 124 Å². The molecule has 10 heteroatoms. The molecule has 0 bridgehead atoms. The zero-order valence-electron chi connectivity index (χ0n) is 20.4. The van der Waals surface area contributed by atoms with E-state index in [0.717, 1.165) is 13.0 Å². The number of nitrogens with zero attached hydrogens (tertiary/aromatic N) is 2. The molecule has 36 heavy (non-hydrogen) atoms. The molecule has 1 aliphatic rings. The summed E-state index contributed by atoms with van der Waals surface area (Å²) < 4.78 is 18.6. The second-order valence-electron chi connectivity index (χ2n) is 8.27. The van der Waals surface area contributed by atoms with Crippen LogP contribution in [0.5, 0.6) is 0 Å². The van der Waals surface area contributed by atoms with Crippen LogP contribution in [0.4, 0.5) is 10.1 Å². The minimum Gasteiger partial charge on any atom is -0.473 e. The van der Waals surface area contributed by atoms with Gasteiger partial charge in [-0.25, -0.2) is 18.8 Å². The van der Waals surface area contributed by atoms with E-state index in [0.29, 0.717) is 31.6 Å². The summed E-state index contributed by atoms with van der Waals surface area (Å²) in [5.74, 6) is -4.63. The molecular weight excluding hydrogens is 471 g/mol. The minimum atomic E-state index is -1.82. The number of hydrogen-bond acceptors (Lipinski definition) is 6. The number of ether oxygens (including phenoxy) is 1. The molecule has 2 aromatic rings. The molecule has 9 nitrogen and oxygen atoms in total. The number of benzene rings is 2. The molecule has 0 aliphatic carbocycles. The summed E-state index contributed by atoms with van der Waals surface area (Å²) in [5, 5.41) is 14.8. The molecule has 1 heterocycles. The van der Waals surface area contributed by atoms with Crippen molar-refractivity contribution in [3.8, 4) is 0 Å². The SMILES string of the molecule is CCC(=O)N(c1ccc(F)cc1)C1(C(=O)OC)CCN(CCc2ccccc2)CC1.O=C(O)C(=O)O. The third-order valence-corrected chi connectivity index (χ3v) is 6.06. The van der Waals surface area contributed by atoms with Crippen LogP contribution in [0.25, 0.3) is 0 Å². The van der Waals surface area contributed by atoms with Crippen LogP contribution in [0.15, 0.2) is 54.6 Å². The van der Waals surface area contributed by atoms with Gasteiger partial charge in [0.15, 0.2) is 0 Å². The van der Waals surface area contributed by atoms with Crippen LogP contribution in [0.1, 0.15) is 31.7 Å². The van der Waals surface area contributed by atoms with E-state index >= 15 is 0 Å². The molecule has 0 spiro atoms. The first-order valence-corrected chi connectivity index (χ1v) is 11.5. The third kappa shape index (κ3) is 7.35. The average Bonchev–Trinajstić information content (AvgIpc) is 2.89. The minimum absolute atomic E-state index is 0.176. The Hall–Kier alpha value is -3.79. The van der Waals surface area contributed by atoms with Gasteiger partial charge in [0.25, 0.3) is 0 Å². The van der Waals surface area contributed by atoms with Crippen LogP contribution in [0.3, 0.4) is 0 Å². The lowest BCUT2D eigenvalue weighted by Gasteiger charge is -2.46. The number of piperidine rings is 1. The van der Waals surface area contributed by atoms with E-state index in [1.807, 2.05) is 18.2 Å². The molecule has 0 atom stereocenters. The number of carbonyl (C=O) groups is 4. The van der Waals surface area contributed by atoms with Crippen molar-refractivity contribution in [1.82, 2.24) is 4.90 Å². The third-order valence-electron chi connectivity index (χ3n) is 6.06. The lowest BCUT2D eigenvalue weighted by atomic mass is 9.84. The van der Waals surface area contributed by atoms with Gasteiger partial charge in [0.1, 0.15) is 11.4 Å². The van der Waals surface area contributed by atoms with Crippen molar-refractivity contribution >= 4 is 29.5 Å². The molecule has 2 aromatic carbocycles. The molecule has 1 fully saturated rings. The van der Waals surface area contributed by atoms with Gasteiger partial charge in [-0.05, 0) is 49.1 Å². The molecule has 0 saturated carbocycles. The van der Waals surface area contributed by atoms with Crippen LogP contribution in [-0.4, -0.2) is 71.2 Å². The van der Waals surface area contributed by atoms with Gasteiger partial charge < -0.3 is 19.8 Å². The Morgan fingerprint density at radius 2 is 1.53 bits per heavy atom. The van der Waals surface area contributed by atoms with Gasteiger partial charge in [0.2, 0.25) is 5.91 Å². The van der Waals surface area contributed by atoms with E-state index in [9.17, 15) is 14.0 Å². The Kier molecular flexibility index (Phi) is 10.5. The van der Waals surface area contributed by atoms with E-state index in [-0.39, 0.29) is 18.1 Å². The molecule has 3 rings (SSSR count). The molecule has 194 valence electrons. The summed E-state index contributed by atoms with van der Waals surface area (Å²) in [6.07, 6.45) is 2.12. The van der Waals surface area contributed by atoms with E-state index < -0.39 is 23.4 Å². The number of carboxylic acid groups (broad SMARTS) is 2. The predicted molar refractivity (Wildman–Crippen MR) is 130 cm³/mol. The Labute approximate surface area is 209 Å². The van der Waals surface area contributed by atoms with Crippen LogP contribution in [0.2, 0.25) is 0 Å². The number of likely N-dealkylation sites (tertiary alicyclic amines) is 1. The number of rotatable bonds is 7. The van der Waals surface area contributed by atoms with Crippen LogP contribution < -0.4 is 4.90 Å². The summed E-state index contributed by atoms with van der Waals surface area (Å²) in [4.78, 5) is 47.9. The zero-order valence-corrected chi connectivity index (χ0v) is 20.4. The van der Waals surface area contributed by atoms with Crippen molar-refractivity contribution in [2.24, 2.45) is 0 Å². The molecular formula is C26H31FN2O7.